The largest absolute Gasteiger partial charge is 0.522 e. The maximum atomic E-state index is 13.1. The second-order valence-electron chi connectivity index (χ2n) is 7.16. The summed E-state index contributed by atoms with van der Waals surface area (Å²) in [5.74, 6) is -2.66. The predicted molar refractivity (Wildman–Crippen MR) is 98.9 cm³/mol. The molecule has 1 fully saturated rings. The highest BCUT2D eigenvalue weighted by molar-refractivity contribution is 5.79. The number of rotatable bonds is 9. The summed E-state index contributed by atoms with van der Waals surface area (Å²) in [5, 5.41) is 2.54. The molecule has 0 unspecified atom stereocenters. The quantitative estimate of drug-likeness (QED) is 0.592. The van der Waals surface area contributed by atoms with Gasteiger partial charge in [0.05, 0.1) is 18.1 Å². The maximum absolute atomic E-state index is 13.1. The number of amides is 1. The van der Waals surface area contributed by atoms with E-state index >= 15 is 0 Å². The molecule has 1 N–H and O–H groups in total. The molecule has 1 aromatic heterocycles. The van der Waals surface area contributed by atoms with Crippen molar-refractivity contribution in [3.8, 4) is 5.75 Å². The Kier molecular flexibility index (Phi) is 6.94. The Hall–Kier alpha value is -2.95. The van der Waals surface area contributed by atoms with Gasteiger partial charge in [-0.2, -0.15) is 0 Å². The SMILES string of the molecule is C=C(CCn1cnc([C@H]2C[C@H](OC(F)(F)F)C2)c1)NC(=O)COc1ccc(F)c(F)c1. The monoisotopic (exact) mass is 445 g/mol. The van der Waals surface area contributed by atoms with Crippen LogP contribution in [0.5, 0.6) is 5.75 Å². The van der Waals surface area contributed by atoms with Gasteiger partial charge in [0.25, 0.3) is 5.91 Å². The molecule has 168 valence electrons. The molecule has 1 amide bonds. The van der Waals surface area contributed by atoms with Gasteiger partial charge in [-0.05, 0) is 25.0 Å². The third-order valence-electron chi connectivity index (χ3n) is 4.72. The van der Waals surface area contributed by atoms with Crippen molar-refractivity contribution in [2.45, 2.75) is 44.2 Å². The predicted octanol–water partition coefficient (Wildman–Crippen LogP) is 4.04. The normalized spacial score (nSPS) is 18.4. The van der Waals surface area contributed by atoms with E-state index in [2.05, 4.69) is 21.6 Å². The number of alkyl halides is 3. The average molecular weight is 445 g/mol. The van der Waals surface area contributed by atoms with Gasteiger partial charge in [0.15, 0.2) is 18.2 Å². The van der Waals surface area contributed by atoms with E-state index in [4.69, 9.17) is 4.74 Å². The van der Waals surface area contributed by atoms with E-state index < -0.39 is 36.6 Å². The number of aromatic nitrogens is 2. The molecular formula is C20H20F5N3O3. The van der Waals surface area contributed by atoms with Crippen LogP contribution in [0.25, 0.3) is 0 Å². The van der Waals surface area contributed by atoms with Crippen molar-refractivity contribution in [1.82, 2.24) is 14.9 Å². The fourth-order valence-corrected chi connectivity index (χ4v) is 3.08. The lowest BCUT2D eigenvalue weighted by atomic mass is 9.80. The number of benzene rings is 1. The van der Waals surface area contributed by atoms with Crippen LogP contribution in [0.15, 0.2) is 43.0 Å². The summed E-state index contributed by atoms with van der Waals surface area (Å²) < 4.78 is 73.3. The van der Waals surface area contributed by atoms with Gasteiger partial charge in [0, 0.05) is 36.8 Å². The standard InChI is InChI=1S/C20H20F5N3O3/c1-12(27-19(29)10-30-14-2-3-16(21)17(22)8-14)4-5-28-9-18(26-11-28)13-6-15(7-13)31-20(23,24)25/h2-3,8-9,11,13,15H,1,4-7,10H2,(H,27,29)/t13-,15-. The van der Waals surface area contributed by atoms with Gasteiger partial charge in [0.2, 0.25) is 0 Å². The molecule has 0 saturated heterocycles. The number of imidazole rings is 1. The molecular weight excluding hydrogens is 425 g/mol. The van der Waals surface area contributed by atoms with Gasteiger partial charge >= 0.3 is 6.36 Å². The van der Waals surface area contributed by atoms with Crippen LogP contribution >= 0.6 is 0 Å². The Labute approximate surface area is 174 Å². The lowest BCUT2D eigenvalue weighted by Crippen LogP contribution is -2.34. The number of aryl methyl sites for hydroxylation is 1. The summed E-state index contributed by atoms with van der Waals surface area (Å²) in [6.45, 7) is 3.80. The summed E-state index contributed by atoms with van der Waals surface area (Å²) >= 11 is 0. The molecule has 0 radical (unpaired) electrons. The molecule has 2 aromatic rings. The summed E-state index contributed by atoms with van der Waals surface area (Å²) in [6.07, 6.45) is -1.24. The molecule has 11 heteroatoms. The van der Waals surface area contributed by atoms with Crippen molar-refractivity contribution < 1.29 is 36.2 Å². The molecule has 3 rings (SSSR count). The van der Waals surface area contributed by atoms with E-state index in [9.17, 15) is 26.7 Å². The number of hydrogen-bond donors (Lipinski definition) is 1. The molecule has 0 spiro atoms. The minimum Gasteiger partial charge on any atom is -0.484 e. The smallest absolute Gasteiger partial charge is 0.484 e. The Morgan fingerprint density at radius 1 is 1.26 bits per heavy atom. The van der Waals surface area contributed by atoms with Crippen LogP contribution in [0.3, 0.4) is 0 Å². The Balaban J connectivity index is 1.36. The number of carbonyl (C=O) groups excluding carboxylic acids is 1. The molecule has 1 aliphatic carbocycles. The second-order valence-corrected chi connectivity index (χ2v) is 7.16. The lowest BCUT2D eigenvalue weighted by molar-refractivity contribution is -0.351. The average Bonchev–Trinajstić information content (AvgIpc) is 3.11. The van der Waals surface area contributed by atoms with Crippen molar-refractivity contribution in [2.75, 3.05) is 6.61 Å². The number of hydrogen-bond acceptors (Lipinski definition) is 4. The number of halogens is 5. The first-order valence-corrected chi connectivity index (χ1v) is 9.41. The number of ether oxygens (including phenoxy) is 2. The van der Waals surface area contributed by atoms with E-state index in [1.807, 2.05) is 0 Å². The lowest BCUT2D eigenvalue weighted by Gasteiger charge is -2.34. The zero-order valence-corrected chi connectivity index (χ0v) is 16.3. The highest BCUT2D eigenvalue weighted by atomic mass is 19.4. The third kappa shape index (κ3) is 6.78. The molecule has 6 nitrogen and oxygen atoms in total. The fraction of sp³-hybridized carbons (Fsp3) is 0.400. The highest BCUT2D eigenvalue weighted by Crippen LogP contribution is 2.40. The van der Waals surface area contributed by atoms with Crippen LogP contribution in [0, 0.1) is 11.6 Å². The first-order chi connectivity index (χ1) is 14.6. The van der Waals surface area contributed by atoms with Crippen LogP contribution < -0.4 is 10.1 Å². The Morgan fingerprint density at radius 3 is 2.68 bits per heavy atom. The van der Waals surface area contributed by atoms with Crippen molar-refractivity contribution in [2.24, 2.45) is 0 Å². The van der Waals surface area contributed by atoms with E-state index in [0.29, 0.717) is 24.4 Å². The van der Waals surface area contributed by atoms with E-state index in [1.165, 1.54) is 6.07 Å². The fourth-order valence-electron chi connectivity index (χ4n) is 3.08. The van der Waals surface area contributed by atoms with Crippen molar-refractivity contribution in [3.05, 3.63) is 60.3 Å². The zero-order valence-electron chi connectivity index (χ0n) is 16.3. The van der Waals surface area contributed by atoms with Crippen LogP contribution in [0.4, 0.5) is 22.0 Å². The molecule has 31 heavy (non-hydrogen) atoms. The van der Waals surface area contributed by atoms with Crippen LogP contribution in [0.1, 0.15) is 30.9 Å². The van der Waals surface area contributed by atoms with Crippen LogP contribution in [-0.2, 0) is 16.1 Å². The molecule has 0 aliphatic heterocycles. The molecule has 1 aliphatic rings. The van der Waals surface area contributed by atoms with Gasteiger partial charge in [-0.1, -0.05) is 6.58 Å². The van der Waals surface area contributed by atoms with Crippen molar-refractivity contribution in [1.29, 1.82) is 0 Å². The van der Waals surface area contributed by atoms with Crippen LogP contribution in [-0.4, -0.2) is 34.5 Å². The summed E-state index contributed by atoms with van der Waals surface area (Å²) in [6, 6.07) is 2.94. The maximum Gasteiger partial charge on any atom is 0.522 e. The van der Waals surface area contributed by atoms with Gasteiger partial charge in [-0.15, -0.1) is 13.2 Å². The summed E-state index contributed by atoms with van der Waals surface area (Å²) in [7, 11) is 0. The van der Waals surface area contributed by atoms with Gasteiger partial charge in [0.1, 0.15) is 5.75 Å². The number of carbonyl (C=O) groups is 1. The molecule has 0 atom stereocenters. The van der Waals surface area contributed by atoms with Crippen molar-refractivity contribution >= 4 is 5.91 Å². The number of nitrogens with one attached hydrogen (secondary N) is 1. The molecule has 1 aromatic carbocycles. The van der Waals surface area contributed by atoms with E-state index in [1.54, 1.807) is 17.1 Å². The minimum absolute atomic E-state index is 0.0180. The topological polar surface area (TPSA) is 65.4 Å². The third-order valence-corrected chi connectivity index (χ3v) is 4.72. The minimum atomic E-state index is -4.62. The number of allylic oxidation sites excluding steroid dienone is 1. The van der Waals surface area contributed by atoms with Gasteiger partial charge in [-0.3, -0.25) is 9.53 Å². The van der Waals surface area contributed by atoms with Gasteiger partial charge in [-0.25, -0.2) is 13.8 Å². The van der Waals surface area contributed by atoms with E-state index in [0.717, 1.165) is 12.1 Å². The first kappa shape index (κ1) is 22.7. The Morgan fingerprint density at radius 2 is 2.00 bits per heavy atom. The summed E-state index contributed by atoms with van der Waals surface area (Å²) in [4.78, 5) is 16.1. The number of nitrogens with zero attached hydrogens (tertiary/aromatic N) is 2. The Bertz CT molecular complexity index is 938. The highest BCUT2D eigenvalue weighted by Gasteiger charge is 2.41. The molecule has 1 heterocycles. The molecule has 1 saturated carbocycles. The van der Waals surface area contributed by atoms with Crippen LogP contribution in [0.2, 0.25) is 0 Å². The molecule has 0 bridgehead atoms. The van der Waals surface area contributed by atoms with Crippen molar-refractivity contribution in [3.63, 3.8) is 0 Å². The summed E-state index contributed by atoms with van der Waals surface area (Å²) in [5.41, 5.74) is 1.10. The van der Waals surface area contributed by atoms with E-state index in [-0.39, 0.29) is 24.5 Å². The first-order valence-electron chi connectivity index (χ1n) is 9.41. The van der Waals surface area contributed by atoms with Gasteiger partial charge < -0.3 is 14.6 Å². The second kappa shape index (κ2) is 9.46. The zero-order chi connectivity index (χ0) is 22.6.